The lowest BCUT2D eigenvalue weighted by molar-refractivity contribution is 0.240. The molecule has 0 spiro atoms. The lowest BCUT2D eigenvalue weighted by Crippen LogP contribution is -2.29. The molecule has 1 aliphatic rings. The van der Waals surface area contributed by atoms with Gasteiger partial charge in [0, 0.05) is 0 Å². The van der Waals surface area contributed by atoms with E-state index in [0.29, 0.717) is 0 Å². The van der Waals surface area contributed by atoms with E-state index in [1.807, 2.05) is 0 Å². The first-order valence-corrected chi connectivity index (χ1v) is 5.27. The summed E-state index contributed by atoms with van der Waals surface area (Å²) in [6.45, 7) is 9.05. The van der Waals surface area contributed by atoms with Crippen LogP contribution in [0.4, 0.5) is 0 Å². The SMILES string of the molecule is CCCN.CCN1CCCCC1. The number of nitrogens with two attached hydrogens (primary N) is 1. The number of hydrogen-bond acceptors (Lipinski definition) is 2. The van der Waals surface area contributed by atoms with Gasteiger partial charge < -0.3 is 10.6 Å². The number of hydrogen-bond donors (Lipinski definition) is 1. The highest BCUT2D eigenvalue weighted by Gasteiger charge is 2.05. The first-order valence-electron chi connectivity index (χ1n) is 5.27. The molecule has 0 aromatic heterocycles. The molecule has 0 radical (unpaired) electrons. The molecule has 0 saturated carbocycles. The molecule has 0 bridgehead atoms. The van der Waals surface area contributed by atoms with Gasteiger partial charge in [-0.2, -0.15) is 0 Å². The van der Waals surface area contributed by atoms with Gasteiger partial charge in [0.05, 0.1) is 0 Å². The molecule has 0 aliphatic carbocycles. The summed E-state index contributed by atoms with van der Waals surface area (Å²) >= 11 is 0. The zero-order valence-electron chi connectivity index (χ0n) is 8.68. The Morgan fingerprint density at radius 2 is 1.58 bits per heavy atom. The summed E-state index contributed by atoms with van der Waals surface area (Å²) in [5.74, 6) is 0. The smallest absolute Gasteiger partial charge is 0.00188 e. The zero-order chi connectivity index (χ0) is 9.23. The molecule has 0 amide bonds. The number of nitrogens with zero attached hydrogens (tertiary/aromatic N) is 1. The summed E-state index contributed by atoms with van der Waals surface area (Å²) in [5, 5.41) is 0. The predicted molar refractivity (Wildman–Crippen MR) is 55.3 cm³/mol. The second kappa shape index (κ2) is 9.01. The maximum atomic E-state index is 5.03. The molecule has 1 heterocycles. The van der Waals surface area contributed by atoms with Crippen LogP contribution in [0.5, 0.6) is 0 Å². The third kappa shape index (κ3) is 6.62. The minimum atomic E-state index is 0.819. The van der Waals surface area contributed by atoms with Gasteiger partial charge in [-0.15, -0.1) is 0 Å². The summed E-state index contributed by atoms with van der Waals surface area (Å²) in [6, 6.07) is 0. The van der Waals surface area contributed by atoms with Crippen LogP contribution in [0.3, 0.4) is 0 Å². The van der Waals surface area contributed by atoms with Gasteiger partial charge in [-0.05, 0) is 45.4 Å². The molecule has 74 valence electrons. The maximum Gasteiger partial charge on any atom is -0.00188 e. The number of likely N-dealkylation sites (tertiary alicyclic amines) is 1. The molecular formula is C10H24N2. The van der Waals surface area contributed by atoms with E-state index in [2.05, 4.69) is 18.7 Å². The Kier molecular flexibility index (Phi) is 8.95. The third-order valence-corrected chi connectivity index (χ3v) is 2.18. The van der Waals surface area contributed by atoms with Crippen LogP contribution < -0.4 is 5.73 Å². The van der Waals surface area contributed by atoms with E-state index in [-0.39, 0.29) is 0 Å². The minimum absolute atomic E-state index is 0.819. The summed E-state index contributed by atoms with van der Waals surface area (Å²) in [7, 11) is 0. The van der Waals surface area contributed by atoms with Crippen LogP contribution in [0.2, 0.25) is 0 Å². The van der Waals surface area contributed by atoms with Crippen molar-refractivity contribution in [3.05, 3.63) is 0 Å². The molecule has 2 heteroatoms. The zero-order valence-corrected chi connectivity index (χ0v) is 8.68. The van der Waals surface area contributed by atoms with Crippen LogP contribution in [0.25, 0.3) is 0 Å². The van der Waals surface area contributed by atoms with Crippen LogP contribution in [-0.2, 0) is 0 Å². The monoisotopic (exact) mass is 172 g/mol. The van der Waals surface area contributed by atoms with E-state index in [4.69, 9.17) is 5.73 Å². The van der Waals surface area contributed by atoms with E-state index in [9.17, 15) is 0 Å². The summed E-state index contributed by atoms with van der Waals surface area (Å²) in [5.41, 5.74) is 5.03. The van der Waals surface area contributed by atoms with Gasteiger partial charge in [0.25, 0.3) is 0 Å². The first-order chi connectivity index (χ1) is 5.85. The maximum absolute atomic E-state index is 5.03. The normalized spacial score (nSPS) is 18.2. The van der Waals surface area contributed by atoms with Crippen molar-refractivity contribution in [2.75, 3.05) is 26.2 Å². The van der Waals surface area contributed by atoms with Crippen molar-refractivity contribution >= 4 is 0 Å². The third-order valence-electron chi connectivity index (χ3n) is 2.18. The van der Waals surface area contributed by atoms with Crippen LogP contribution >= 0.6 is 0 Å². The molecule has 0 atom stereocenters. The molecule has 1 fully saturated rings. The van der Waals surface area contributed by atoms with E-state index in [1.165, 1.54) is 38.9 Å². The predicted octanol–water partition coefficient (Wildman–Crippen LogP) is 1.85. The van der Waals surface area contributed by atoms with Crippen molar-refractivity contribution in [1.82, 2.24) is 4.90 Å². The van der Waals surface area contributed by atoms with Gasteiger partial charge in [-0.1, -0.05) is 20.3 Å². The Hall–Kier alpha value is -0.0800. The van der Waals surface area contributed by atoms with Crippen molar-refractivity contribution in [2.45, 2.75) is 39.5 Å². The number of piperidine rings is 1. The van der Waals surface area contributed by atoms with Gasteiger partial charge in [-0.25, -0.2) is 0 Å². The molecule has 0 unspecified atom stereocenters. The lowest BCUT2D eigenvalue weighted by atomic mass is 10.1. The van der Waals surface area contributed by atoms with Gasteiger partial charge in [0.15, 0.2) is 0 Å². The fraction of sp³-hybridized carbons (Fsp3) is 1.00. The Morgan fingerprint density at radius 3 is 1.83 bits per heavy atom. The Labute approximate surface area is 77.1 Å². The van der Waals surface area contributed by atoms with Gasteiger partial charge in [0.1, 0.15) is 0 Å². The highest BCUT2D eigenvalue weighted by molar-refractivity contribution is 4.61. The second-order valence-corrected chi connectivity index (χ2v) is 3.28. The van der Waals surface area contributed by atoms with Crippen molar-refractivity contribution in [1.29, 1.82) is 0 Å². The fourth-order valence-corrected chi connectivity index (χ4v) is 1.28. The van der Waals surface area contributed by atoms with Gasteiger partial charge in [-0.3, -0.25) is 0 Å². The molecule has 2 nitrogen and oxygen atoms in total. The Morgan fingerprint density at radius 1 is 1.08 bits per heavy atom. The Balaban J connectivity index is 0.000000261. The van der Waals surface area contributed by atoms with Crippen molar-refractivity contribution in [3.8, 4) is 0 Å². The van der Waals surface area contributed by atoms with E-state index < -0.39 is 0 Å². The lowest BCUT2D eigenvalue weighted by Gasteiger charge is -2.24. The van der Waals surface area contributed by atoms with E-state index in [0.717, 1.165) is 13.0 Å². The first kappa shape index (κ1) is 11.9. The quantitative estimate of drug-likeness (QED) is 0.689. The molecule has 12 heavy (non-hydrogen) atoms. The van der Waals surface area contributed by atoms with Gasteiger partial charge in [0.2, 0.25) is 0 Å². The van der Waals surface area contributed by atoms with Crippen LogP contribution in [0.1, 0.15) is 39.5 Å². The summed E-state index contributed by atoms with van der Waals surface area (Å²) in [6.07, 6.45) is 5.40. The van der Waals surface area contributed by atoms with E-state index >= 15 is 0 Å². The largest absolute Gasteiger partial charge is 0.330 e. The second-order valence-electron chi connectivity index (χ2n) is 3.28. The molecule has 0 aromatic carbocycles. The Bertz CT molecular complexity index is 75.9. The van der Waals surface area contributed by atoms with Gasteiger partial charge >= 0.3 is 0 Å². The highest BCUT2D eigenvalue weighted by Crippen LogP contribution is 2.06. The summed E-state index contributed by atoms with van der Waals surface area (Å²) in [4.78, 5) is 2.52. The molecule has 1 rings (SSSR count). The average Bonchev–Trinajstić information content (AvgIpc) is 2.19. The molecule has 0 aromatic rings. The van der Waals surface area contributed by atoms with Crippen molar-refractivity contribution in [3.63, 3.8) is 0 Å². The van der Waals surface area contributed by atoms with E-state index in [1.54, 1.807) is 0 Å². The van der Waals surface area contributed by atoms with Crippen molar-refractivity contribution in [2.24, 2.45) is 5.73 Å². The molecule has 1 aliphatic heterocycles. The molecule has 2 N–H and O–H groups in total. The minimum Gasteiger partial charge on any atom is -0.330 e. The van der Waals surface area contributed by atoms with Crippen molar-refractivity contribution < 1.29 is 0 Å². The fourth-order valence-electron chi connectivity index (χ4n) is 1.28. The highest BCUT2D eigenvalue weighted by atomic mass is 15.1. The molecule has 1 saturated heterocycles. The number of rotatable bonds is 2. The topological polar surface area (TPSA) is 29.3 Å². The standard InChI is InChI=1S/C7H15N.C3H9N/c1-2-8-6-4-3-5-7-8;1-2-3-4/h2-7H2,1H3;2-4H2,1H3. The van der Waals surface area contributed by atoms with Crippen LogP contribution in [-0.4, -0.2) is 31.1 Å². The van der Waals surface area contributed by atoms with Crippen LogP contribution in [0.15, 0.2) is 0 Å². The molecular weight excluding hydrogens is 148 g/mol. The average molecular weight is 172 g/mol. The summed E-state index contributed by atoms with van der Waals surface area (Å²) < 4.78 is 0. The van der Waals surface area contributed by atoms with Crippen LogP contribution in [0, 0.1) is 0 Å².